The van der Waals surface area contributed by atoms with Gasteiger partial charge >= 0.3 is 0 Å². The van der Waals surface area contributed by atoms with E-state index in [4.69, 9.17) is 21.1 Å². The maximum atomic E-state index is 14.6. The van der Waals surface area contributed by atoms with Crippen molar-refractivity contribution in [3.05, 3.63) is 93.8 Å². The van der Waals surface area contributed by atoms with Gasteiger partial charge in [0.05, 0.1) is 29.7 Å². The lowest BCUT2D eigenvalue weighted by Gasteiger charge is -2.43. The molecule has 1 unspecified atom stereocenters. The van der Waals surface area contributed by atoms with E-state index in [1.165, 1.54) is 11.1 Å². The maximum Gasteiger partial charge on any atom is 0.286 e. The monoisotopic (exact) mass is 718 g/mol. The van der Waals surface area contributed by atoms with Crippen LogP contribution in [0.4, 0.5) is 5.69 Å². The molecule has 7 rings (SSSR count). The third-order valence-electron chi connectivity index (χ3n) is 10.7. The summed E-state index contributed by atoms with van der Waals surface area (Å²) in [5.41, 5.74) is 5.01. The highest BCUT2D eigenvalue weighted by atomic mass is 35.5. The molecule has 4 heterocycles. The minimum absolute atomic E-state index is 0.0333. The van der Waals surface area contributed by atoms with Crippen LogP contribution in [0.15, 0.2) is 65.2 Å². The molecule has 11 heteroatoms. The summed E-state index contributed by atoms with van der Waals surface area (Å²) >= 11 is 6.47. The molecular weight excluding hydrogens is 672 g/mol. The standard InChI is InChI=1S/C39H47ClN4O5S/c1-26-7-5-10-36(48-2)34-15-12-30(34)23-44-22-29-11-14-32(40)19-27(29)8-3-4-18-49-37-16-13-28(21-35(37)44)38(45)41-50(47,25-26)42-39(46)31-20-33-9-6-17-43(33)24-31/h5,10-11,13-14,16,19-21,24,26,30,34,36H,3-4,6-9,12,15,17-18,22-23,25H2,1-2H3,(H,41,42,45,46,47)/b10-5+/t26-,30-,34+,36-,50?/m0/s1. The summed E-state index contributed by atoms with van der Waals surface area (Å²) in [5, 5.41) is 0.720. The van der Waals surface area contributed by atoms with Crippen LogP contribution in [0.25, 0.3) is 0 Å². The van der Waals surface area contributed by atoms with Crippen molar-refractivity contribution < 1.29 is 23.3 Å². The Labute approximate surface area is 300 Å². The van der Waals surface area contributed by atoms with Crippen molar-refractivity contribution in [1.82, 2.24) is 9.29 Å². The highest BCUT2D eigenvalue weighted by Gasteiger charge is 2.38. The molecule has 1 N–H and O–H groups in total. The van der Waals surface area contributed by atoms with Gasteiger partial charge in [0.2, 0.25) is 0 Å². The number of fused-ring (bicyclic) bond motifs is 4. The van der Waals surface area contributed by atoms with Gasteiger partial charge in [0.15, 0.2) is 0 Å². The predicted octanol–water partition coefficient (Wildman–Crippen LogP) is 7.40. The Morgan fingerprint density at radius 2 is 1.96 bits per heavy atom. The van der Waals surface area contributed by atoms with Crippen molar-refractivity contribution in [2.24, 2.45) is 22.1 Å². The van der Waals surface area contributed by atoms with Crippen LogP contribution in [0.3, 0.4) is 0 Å². The van der Waals surface area contributed by atoms with E-state index in [1.54, 1.807) is 19.4 Å². The number of hydrogen-bond acceptors (Lipinski definition) is 6. The van der Waals surface area contributed by atoms with Gasteiger partial charge in [-0.25, -0.2) is 4.21 Å². The molecule has 4 aliphatic rings. The smallest absolute Gasteiger partial charge is 0.286 e. The Morgan fingerprint density at radius 3 is 2.76 bits per heavy atom. The molecule has 266 valence electrons. The molecule has 1 aliphatic carbocycles. The highest BCUT2D eigenvalue weighted by Crippen LogP contribution is 2.42. The Kier molecular flexibility index (Phi) is 10.4. The average Bonchev–Trinajstić information content (AvgIpc) is 3.68. The van der Waals surface area contributed by atoms with E-state index in [0.717, 1.165) is 74.4 Å². The van der Waals surface area contributed by atoms with Crippen molar-refractivity contribution in [2.45, 2.75) is 77.5 Å². The number of rotatable bonds is 3. The van der Waals surface area contributed by atoms with Gasteiger partial charge in [-0.3, -0.25) is 14.3 Å². The Hall–Kier alpha value is -3.60. The second-order valence-corrected chi connectivity index (χ2v) is 16.8. The molecule has 1 aromatic heterocycles. The molecular formula is C39H47ClN4O5S. The number of methoxy groups -OCH3 is 1. The maximum absolute atomic E-state index is 14.6. The molecule has 1 fully saturated rings. The highest BCUT2D eigenvalue weighted by molar-refractivity contribution is 7.92. The van der Waals surface area contributed by atoms with E-state index in [1.807, 2.05) is 31.2 Å². The third-order valence-corrected chi connectivity index (χ3v) is 13.0. The summed E-state index contributed by atoms with van der Waals surface area (Å²) in [6.45, 7) is 4.72. The quantitative estimate of drug-likeness (QED) is 0.283. The van der Waals surface area contributed by atoms with Crippen LogP contribution in [0.5, 0.6) is 5.75 Å². The Balaban J connectivity index is 1.30. The first-order valence-corrected chi connectivity index (χ1v) is 20.0. The van der Waals surface area contributed by atoms with E-state index in [9.17, 15) is 13.8 Å². The lowest BCUT2D eigenvalue weighted by Crippen LogP contribution is -2.43. The van der Waals surface area contributed by atoms with Gasteiger partial charge in [0, 0.05) is 49.2 Å². The number of aryl methyl sites for hydroxylation is 3. The Morgan fingerprint density at radius 1 is 1.08 bits per heavy atom. The van der Waals surface area contributed by atoms with Crippen LogP contribution in [-0.4, -0.2) is 52.7 Å². The lowest BCUT2D eigenvalue weighted by atomic mass is 9.70. The summed E-state index contributed by atoms with van der Waals surface area (Å²) in [4.78, 5) is 29.8. The number of amides is 2. The molecule has 2 aromatic carbocycles. The number of hydrogen-bond donors (Lipinski definition) is 1. The molecule has 0 radical (unpaired) electrons. The fourth-order valence-electron chi connectivity index (χ4n) is 7.91. The normalized spacial score (nSPS) is 27.7. The fraction of sp³-hybridized carbons (Fsp3) is 0.487. The topological polar surface area (TPSA) is 102 Å². The van der Waals surface area contributed by atoms with Crippen molar-refractivity contribution in [3.63, 3.8) is 0 Å². The minimum atomic E-state index is -3.49. The average molecular weight is 719 g/mol. The first kappa shape index (κ1) is 34.8. The van der Waals surface area contributed by atoms with E-state index in [-0.39, 0.29) is 17.8 Å². The number of benzene rings is 2. The van der Waals surface area contributed by atoms with E-state index < -0.39 is 21.7 Å². The van der Waals surface area contributed by atoms with Crippen LogP contribution < -0.4 is 14.4 Å². The van der Waals surface area contributed by atoms with Gasteiger partial charge in [-0.05, 0) is 117 Å². The molecule has 5 atom stereocenters. The van der Waals surface area contributed by atoms with Crippen LogP contribution >= 0.6 is 11.6 Å². The number of carbonyl (C=O) groups is 2. The number of carbonyl (C=O) groups excluding carboxylic acids is 2. The second kappa shape index (κ2) is 14.9. The summed E-state index contributed by atoms with van der Waals surface area (Å²) in [6.07, 6.45) is 13.4. The van der Waals surface area contributed by atoms with Crippen molar-refractivity contribution in [1.29, 1.82) is 0 Å². The van der Waals surface area contributed by atoms with Crippen molar-refractivity contribution in [3.8, 4) is 5.75 Å². The molecule has 2 amide bonds. The zero-order chi connectivity index (χ0) is 34.8. The van der Waals surface area contributed by atoms with Gasteiger partial charge in [-0.2, -0.15) is 0 Å². The SMILES string of the molecule is CO[C@H]1/C=C/C[C@H](C)CS(=O)(NC(=O)c2cc3n(c2)CCC3)=NC(=O)c2ccc3c(c2)N(Cc2ccc(Cl)cc2CCCCO3)C[C@@H]2CC[C@H]21. The molecule has 0 saturated heterocycles. The fourth-order valence-corrected chi connectivity index (χ4v) is 9.99. The summed E-state index contributed by atoms with van der Waals surface area (Å²) in [6, 6.07) is 13.3. The molecule has 9 nitrogen and oxygen atoms in total. The first-order chi connectivity index (χ1) is 24.2. The summed E-state index contributed by atoms with van der Waals surface area (Å²) < 4.78 is 36.1. The molecule has 3 aromatic rings. The van der Waals surface area contributed by atoms with E-state index in [0.29, 0.717) is 48.3 Å². The minimum Gasteiger partial charge on any atom is -0.491 e. The number of nitrogens with zero attached hydrogens (tertiary/aromatic N) is 3. The molecule has 3 aliphatic heterocycles. The lowest BCUT2D eigenvalue weighted by molar-refractivity contribution is 0.0133. The van der Waals surface area contributed by atoms with Crippen LogP contribution in [0.2, 0.25) is 5.02 Å². The van der Waals surface area contributed by atoms with Gasteiger partial charge in [-0.1, -0.05) is 36.7 Å². The molecule has 50 heavy (non-hydrogen) atoms. The summed E-state index contributed by atoms with van der Waals surface area (Å²) in [7, 11) is -1.73. The molecule has 2 bridgehead atoms. The molecule has 0 spiro atoms. The van der Waals surface area contributed by atoms with Gasteiger partial charge < -0.3 is 18.9 Å². The third kappa shape index (κ3) is 7.67. The number of nitrogens with one attached hydrogen (secondary N) is 1. The zero-order valence-electron chi connectivity index (χ0n) is 28.9. The largest absolute Gasteiger partial charge is 0.491 e. The number of allylic oxidation sites excluding steroid dienone is 1. The predicted molar refractivity (Wildman–Crippen MR) is 197 cm³/mol. The number of aromatic nitrogens is 1. The Bertz CT molecular complexity index is 1890. The number of anilines is 1. The van der Waals surface area contributed by atoms with Gasteiger partial charge in [0.1, 0.15) is 15.7 Å². The second-order valence-electron chi connectivity index (χ2n) is 14.4. The first-order valence-electron chi connectivity index (χ1n) is 18.0. The van der Waals surface area contributed by atoms with E-state index in [2.05, 4.69) is 42.8 Å². The van der Waals surface area contributed by atoms with Crippen molar-refractivity contribution in [2.75, 3.05) is 30.9 Å². The van der Waals surface area contributed by atoms with Crippen LogP contribution in [0, 0.1) is 17.8 Å². The zero-order valence-corrected chi connectivity index (χ0v) is 30.5. The summed E-state index contributed by atoms with van der Waals surface area (Å²) in [5.74, 6) is 0.198. The van der Waals surface area contributed by atoms with Gasteiger partial charge in [0.25, 0.3) is 11.8 Å². The van der Waals surface area contributed by atoms with Crippen molar-refractivity contribution >= 4 is 39.0 Å². The van der Waals surface area contributed by atoms with Gasteiger partial charge in [-0.15, -0.1) is 4.36 Å². The number of ether oxygens (including phenoxy) is 2. The van der Waals surface area contributed by atoms with E-state index >= 15 is 0 Å². The van der Waals surface area contributed by atoms with Crippen LogP contribution in [-0.2, 0) is 40.6 Å². The number of halogens is 1. The molecule has 1 saturated carbocycles. The van der Waals surface area contributed by atoms with Crippen LogP contribution in [0.1, 0.15) is 83.0 Å².